The van der Waals surface area contributed by atoms with Gasteiger partial charge in [-0.2, -0.15) is 0 Å². The van der Waals surface area contributed by atoms with Crippen LogP contribution in [0.3, 0.4) is 0 Å². The van der Waals surface area contributed by atoms with Gasteiger partial charge in [-0.1, -0.05) is 6.07 Å². The van der Waals surface area contributed by atoms with Gasteiger partial charge in [-0.15, -0.1) is 0 Å². The van der Waals surface area contributed by atoms with E-state index in [-0.39, 0.29) is 6.17 Å². The van der Waals surface area contributed by atoms with Crippen LogP contribution in [-0.4, -0.2) is 24.9 Å². The molecule has 5 nitrogen and oxygen atoms in total. The maximum atomic E-state index is 7.95. The molecule has 0 aliphatic carbocycles. The van der Waals surface area contributed by atoms with E-state index in [1.54, 1.807) is 30.9 Å². The lowest BCUT2D eigenvalue weighted by molar-refractivity contribution is 1.08. The molecule has 0 saturated heterocycles. The molecule has 0 radical (unpaired) electrons. The Morgan fingerprint density at radius 2 is 1.56 bits per heavy atom. The molecule has 0 fully saturated rings. The third-order valence-corrected chi connectivity index (χ3v) is 2.30. The van der Waals surface area contributed by atoms with Gasteiger partial charge in [-0.3, -0.25) is 4.98 Å². The van der Waals surface area contributed by atoms with Gasteiger partial charge in [0.05, 0.1) is 7.06 Å². The smallest absolute Gasteiger partial charge is 0.197 e. The summed E-state index contributed by atoms with van der Waals surface area (Å²) in [5.41, 5.74) is 1.26. The van der Waals surface area contributed by atoms with Crippen molar-refractivity contribution in [2.24, 2.45) is 0 Å². The van der Waals surface area contributed by atoms with Gasteiger partial charge in [0.25, 0.3) is 0 Å². The highest BCUT2D eigenvalue weighted by molar-refractivity contribution is 5.57. The molecule has 0 atom stereocenters. The molecule has 0 aliphatic heterocycles. The van der Waals surface area contributed by atoms with E-state index in [2.05, 4.69) is 24.9 Å². The van der Waals surface area contributed by atoms with Gasteiger partial charge in [-0.05, 0) is 18.2 Å². The van der Waals surface area contributed by atoms with Gasteiger partial charge in [0.2, 0.25) is 0 Å². The summed E-state index contributed by atoms with van der Waals surface area (Å²) in [6, 6.07) is 7.21. The van der Waals surface area contributed by atoms with Gasteiger partial charge in [0.15, 0.2) is 11.6 Å². The first kappa shape index (κ1) is 9.35. The third kappa shape index (κ3) is 2.06. The minimum absolute atomic E-state index is 0.108. The number of hydrogen-bond acceptors (Lipinski definition) is 5. The minimum Gasteiger partial charge on any atom is -0.256 e. The lowest BCUT2D eigenvalue weighted by atomic mass is 10.2. The number of rotatable bonds is 2. The molecule has 3 aromatic heterocycles. The number of aromatic nitrogens is 5. The van der Waals surface area contributed by atoms with E-state index < -0.39 is 0 Å². The van der Waals surface area contributed by atoms with E-state index in [9.17, 15) is 0 Å². The van der Waals surface area contributed by atoms with Crippen molar-refractivity contribution < 1.29 is 1.37 Å². The van der Waals surface area contributed by atoms with E-state index >= 15 is 0 Å². The average Bonchev–Trinajstić information content (AvgIpc) is 2.49. The zero-order valence-electron chi connectivity index (χ0n) is 10.4. The normalized spacial score (nSPS) is 11.0. The molecule has 5 heteroatoms. The predicted octanol–water partition coefficient (Wildman–Crippen LogP) is 2.00. The fourth-order valence-corrected chi connectivity index (χ4v) is 1.46. The van der Waals surface area contributed by atoms with Gasteiger partial charge >= 0.3 is 0 Å². The Hall–Kier alpha value is -2.69. The van der Waals surface area contributed by atoms with Gasteiger partial charge in [0.1, 0.15) is 0 Å². The molecule has 0 saturated carbocycles. The topological polar surface area (TPSA) is 64.5 Å². The highest BCUT2D eigenvalue weighted by Gasteiger charge is 2.04. The predicted molar refractivity (Wildman–Crippen MR) is 66.3 cm³/mol. The fraction of sp³-hybridized carbons (Fsp3) is 0. The molecular formula is C13H9N5. The lowest BCUT2D eigenvalue weighted by Crippen LogP contribution is -1.94. The van der Waals surface area contributed by atoms with Gasteiger partial charge in [0, 0.05) is 36.5 Å². The molecule has 18 heavy (non-hydrogen) atoms. The van der Waals surface area contributed by atoms with Crippen LogP contribution >= 0.6 is 0 Å². The highest BCUT2D eigenvalue weighted by atomic mass is 15.0. The molecule has 0 bridgehead atoms. The summed E-state index contributed by atoms with van der Waals surface area (Å²) < 4.78 is 7.95. The molecule has 3 rings (SSSR count). The molecule has 0 unspecified atom stereocenters. The van der Waals surface area contributed by atoms with E-state index in [1.165, 1.54) is 0 Å². The van der Waals surface area contributed by atoms with Crippen LogP contribution in [0.2, 0.25) is 0 Å². The fourth-order valence-electron chi connectivity index (χ4n) is 1.46. The van der Waals surface area contributed by atoms with Crippen molar-refractivity contribution in [3.8, 4) is 22.9 Å². The van der Waals surface area contributed by atoms with E-state index in [1.807, 2.05) is 18.2 Å². The molecule has 3 heterocycles. The second kappa shape index (κ2) is 4.67. The van der Waals surface area contributed by atoms with Crippen LogP contribution in [0.1, 0.15) is 1.37 Å². The number of nitrogens with zero attached hydrogens (tertiary/aromatic N) is 5. The second-order valence-electron chi connectivity index (χ2n) is 3.51. The standard InChI is InChI=1S/C13H9N5/c1-2-5-14-11(4-1)10-8-17-13(18-9-10)12-15-6-3-7-16-12/h1-9H/i8D. The van der Waals surface area contributed by atoms with Crippen molar-refractivity contribution in [2.75, 3.05) is 0 Å². The molecule has 86 valence electrons. The van der Waals surface area contributed by atoms with Crippen LogP contribution in [0.4, 0.5) is 0 Å². The highest BCUT2D eigenvalue weighted by Crippen LogP contribution is 2.15. The van der Waals surface area contributed by atoms with Gasteiger partial charge < -0.3 is 0 Å². The van der Waals surface area contributed by atoms with Crippen LogP contribution in [0.15, 0.2) is 55.2 Å². The number of pyridine rings is 1. The molecule has 0 spiro atoms. The maximum absolute atomic E-state index is 7.95. The Morgan fingerprint density at radius 3 is 2.28 bits per heavy atom. The van der Waals surface area contributed by atoms with Crippen molar-refractivity contribution in [1.82, 2.24) is 24.9 Å². The Morgan fingerprint density at radius 1 is 0.778 bits per heavy atom. The zero-order chi connectivity index (χ0) is 13.1. The third-order valence-electron chi connectivity index (χ3n) is 2.30. The molecule has 0 aromatic carbocycles. The Bertz CT molecular complexity index is 688. The zero-order valence-corrected chi connectivity index (χ0v) is 9.35. The molecule has 0 aliphatic rings. The first-order chi connectivity index (χ1) is 9.34. The van der Waals surface area contributed by atoms with Gasteiger partial charge in [-0.25, -0.2) is 19.9 Å². The quantitative estimate of drug-likeness (QED) is 0.680. The monoisotopic (exact) mass is 236 g/mol. The maximum Gasteiger partial charge on any atom is 0.197 e. The lowest BCUT2D eigenvalue weighted by Gasteiger charge is -2.00. The summed E-state index contributed by atoms with van der Waals surface area (Å²) >= 11 is 0. The largest absolute Gasteiger partial charge is 0.256 e. The van der Waals surface area contributed by atoms with Crippen molar-refractivity contribution in [1.29, 1.82) is 0 Å². The van der Waals surface area contributed by atoms with E-state index in [4.69, 9.17) is 1.37 Å². The second-order valence-corrected chi connectivity index (χ2v) is 3.51. The Balaban J connectivity index is 2.04. The summed E-state index contributed by atoms with van der Waals surface area (Å²) in [5, 5.41) is 0. The molecule has 0 amide bonds. The SMILES string of the molecule is [2H]c1nc(-c2ncccn2)ncc1-c1ccccn1. The van der Waals surface area contributed by atoms with Crippen LogP contribution in [0.25, 0.3) is 22.9 Å². The molecular weight excluding hydrogens is 226 g/mol. The van der Waals surface area contributed by atoms with E-state index in [0.717, 1.165) is 0 Å². The van der Waals surface area contributed by atoms with Crippen molar-refractivity contribution in [2.45, 2.75) is 0 Å². The molecule has 0 N–H and O–H groups in total. The average molecular weight is 236 g/mol. The van der Waals surface area contributed by atoms with Crippen molar-refractivity contribution in [3.63, 3.8) is 0 Å². The van der Waals surface area contributed by atoms with Crippen LogP contribution in [-0.2, 0) is 0 Å². The number of hydrogen-bond donors (Lipinski definition) is 0. The van der Waals surface area contributed by atoms with E-state index in [0.29, 0.717) is 22.9 Å². The summed E-state index contributed by atoms with van der Waals surface area (Å²) in [5.74, 6) is 0.744. The summed E-state index contributed by atoms with van der Waals surface area (Å²) in [4.78, 5) is 20.6. The Kier molecular flexibility index (Phi) is 2.42. The summed E-state index contributed by atoms with van der Waals surface area (Å²) in [6.45, 7) is 0. The Labute approximate surface area is 105 Å². The van der Waals surface area contributed by atoms with Crippen LogP contribution in [0.5, 0.6) is 0 Å². The first-order valence-electron chi connectivity index (χ1n) is 5.87. The molecule has 3 aromatic rings. The van der Waals surface area contributed by atoms with Crippen molar-refractivity contribution >= 4 is 0 Å². The van der Waals surface area contributed by atoms with Crippen molar-refractivity contribution in [3.05, 3.63) is 55.2 Å². The van der Waals surface area contributed by atoms with Crippen LogP contribution < -0.4 is 0 Å². The summed E-state index contributed by atoms with van der Waals surface area (Å²) in [7, 11) is 0. The minimum atomic E-state index is 0.108. The first-order valence-corrected chi connectivity index (χ1v) is 5.37. The summed E-state index contributed by atoms with van der Waals surface area (Å²) in [6.07, 6.45) is 6.58. The van der Waals surface area contributed by atoms with Crippen LogP contribution in [0, 0.1) is 0 Å².